The number of carbonyl (C=O) groups excluding carboxylic acids is 1. The fourth-order valence-electron chi connectivity index (χ4n) is 3.76. The van der Waals surface area contributed by atoms with Crippen LogP contribution in [0.4, 0.5) is 0 Å². The SMILES string of the molecule is Cn1c(C(=O)N2CCC(C3OCCO3)CC2)c(Br)c2ccccc21. The van der Waals surface area contributed by atoms with Crippen molar-refractivity contribution in [3.05, 3.63) is 34.4 Å². The third-order valence-corrected chi connectivity index (χ3v) is 5.91. The third-order valence-electron chi connectivity index (χ3n) is 5.11. The number of amides is 1. The van der Waals surface area contributed by atoms with Crippen molar-refractivity contribution in [2.24, 2.45) is 13.0 Å². The Bertz CT molecular complexity index is 720. The van der Waals surface area contributed by atoms with E-state index in [0.29, 0.717) is 19.1 Å². The largest absolute Gasteiger partial charge is 0.350 e. The van der Waals surface area contributed by atoms with Crippen molar-refractivity contribution in [2.45, 2.75) is 19.1 Å². The van der Waals surface area contributed by atoms with Gasteiger partial charge in [0.15, 0.2) is 6.29 Å². The minimum absolute atomic E-state index is 0.0772. The zero-order valence-corrected chi connectivity index (χ0v) is 15.3. The van der Waals surface area contributed by atoms with E-state index < -0.39 is 0 Å². The molecule has 2 saturated heterocycles. The summed E-state index contributed by atoms with van der Waals surface area (Å²) in [5.74, 6) is 0.486. The lowest BCUT2D eigenvalue weighted by molar-refractivity contribution is -0.0956. The van der Waals surface area contributed by atoms with Crippen LogP contribution in [0.25, 0.3) is 10.9 Å². The quantitative estimate of drug-likeness (QED) is 0.788. The molecule has 1 aromatic carbocycles. The number of aryl methyl sites for hydroxylation is 1. The van der Waals surface area contributed by atoms with Gasteiger partial charge >= 0.3 is 0 Å². The van der Waals surface area contributed by atoms with Crippen molar-refractivity contribution in [1.82, 2.24) is 9.47 Å². The Morgan fingerprint density at radius 3 is 2.50 bits per heavy atom. The van der Waals surface area contributed by atoms with Gasteiger partial charge < -0.3 is 18.9 Å². The molecule has 0 unspecified atom stereocenters. The number of hydrogen-bond acceptors (Lipinski definition) is 3. The number of rotatable bonds is 2. The van der Waals surface area contributed by atoms with Crippen molar-refractivity contribution < 1.29 is 14.3 Å². The first-order valence-corrected chi connectivity index (χ1v) is 9.21. The van der Waals surface area contributed by atoms with E-state index in [4.69, 9.17) is 9.47 Å². The highest BCUT2D eigenvalue weighted by atomic mass is 79.9. The Hall–Kier alpha value is -1.37. The number of nitrogens with zero attached hydrogens (tertiary/aromatic N) is 2. The molecule has 0 radical (unpaired) electrons. The zero-order chi connectivity index (χ0) is 16.7. The van der Waals surface area contributed by atoms with E-state index in [1.54, 1.807) is 0 Å². The Morgan fingerprint density at radius 1 is 1.17 bits per heavy atom. The summed E-state index contributed by atoms with van der Waals surface area (Å²) < 4.78 is 14.1. The number of benzene rings is 1. The highest BCUT2D eigenvalue weighted by Gasteiger charge is 2.33. The van der Waals surface area contributed by atoms with Crippen molar-refractivity contribution in [3.8, 4) is 0 Å². The van der Waals surface area contributed by atoms with Crippen LogP contribution in [0.3, 0.4) is 0 Å². The molecule has 5 nitrogen and oxygen atoms in total. The molecule has 1 aromatic heterocycles. The van der Waals surface area contributed by atoms with E-state index in [1.165, 1.54) is 0 Å². The first-order valence-electron chi connectivity index (χ1n) is 8.42. The second kappa shape index (κ2) is 6.50. The van der Waals surface area contributed by atoms with Crippen molar-refractivity contribution in [3.63, 3.8) is 0 Å². The fourth-order valence-corrected chi connectivity index (χ4v) is 4.53. The summed E-state index contributed by atoms with van der Waals surface area (Å²) in [6, 6.07) is 8.07. The Kier molecular flexibility index (Phi) is 4.37. The van der Waals surface area contributed by atoms with Gasteiger partial charge in [-0.3, -0.25) is 4.79 Å². The van der Waals surface area contributed by atoms with Crippen LogP contribution < -0.4 is 0 Å². The molecule has 6 heteroatoms. The van der Waals surface area contributed by atoms with E-state index in [0.717, 1.165) is 47.0 Å². The lowest BCUT2D eigenvalue weighted by atomic mass is 9.96. The first kappa shape index (κ1) is 16.1. The molecule has 2 aromatic rings. The Balaban J connectivity index is 1.53. The van der Waals surface area contributed by atoms with Gasteiger partial charge in [-0.1, -0.05) is 18.2 Å². The van der Waals surface area contributed by atoms with Gasteiger partial charge in [-0.05, 0) is 34.8 Å². The standard InChI is InChI=1S/C18H21BrN2O3/c1-20-14-5-3-2-4-13(14)15(19)16(20)17(22)21-8-6-12(7-9-21)18-23-10-11-24-18/h2-5,12,18H,6-11H2,1H3. The van der Waals surface area contributed by atoms with Gasteiger partial charge in [0.25, 0.3) is 5.91 Å². The molecule has 1 amide bonds. The number of hydrogen-bond donors (Lipinski definition) is 0. The summed E-state index contributed by atoms with van der Waals surface area (Å²) in [4.78, 5) is 15.0. The average molecular weight is 393 g/mol. The highest BCUT2D eigenvalue weighted by Crippen LogP contribution is 2.32. The van der Waals surface area contributed by atoms with Crippen LogP contribution >= 0.6 is 15.9 Å². The summed E-state index contributed by atoms with van der Waals surface area (Å²) in [5, 5.41) is 1.07. The van der Waals surface area contributed by atoms with Gasteiger partial charge in [0.1, 0.15) is 5.69 Å². The number of likely N-dealkylation sites (tertiary alicyclic amines) is 1. The molecule has 0 aliphatic carbocycles. The molecule has 0 N–H and O–H groups in total. The van der Waals surface area contributed by atoms with E-state index in [2.05, 4.69) is 15.9 Å². The average Bonchev–Trinajstić information content (AvgIpc) is 3.23. The molecule has 0 spiro atoms. The summed E-state index contributed by atoms with van der Waals surface area (Å²) in [7, 11) is 1.95. The van der Waals surface area contributed by atoms with Crippen LogP contribution in [-0.2, 0) is 16.5 Å². The summed E-state index contributed by atoms with van der Waals surface area (Å²) >= 11 is 3.63. The van der Waals surface area contributed by atoms with Crippen molar-refractivity contribution >= 4 is 32.7 Å². The molecule has 0 bridgehead atoms. The molecule has 2 aliphatic heterocycles. The lowest BCUT2D eigenvalue weighted by Crippen LogP contribution is -2.42. The maximum atomic E-state index is 13.1. The lowest BCUT2D eigenvalue weighted by Gasteiger charge is -2.34. The van der Waals surface area contributed by atoms with E-state index >= 15 is 0 Å². The monoisotopic (exact) mass is 392 g/mol. The molecule has 0 saturated carbocycles. The third kappa shape index (κ3) is 2.66. The highest BCUT2D eigenvalue weighted by molar-refractivity contribution is 9.10. The molecule has 0 atom stereocenters. The second-order valence-corrected chi connectivity index (χ2v) is 7.27. The first-order chi connectivity index (χ1) is 11.7. The topological polar surface area (TPSA) is 43.7 Å². The maximum Gasteiger partial charge on any atom is 0.271 e. The predicted molar refractivity (Wildman–Crippen MR) is 94.9 cm³/mol. The number of para-hydroxylation sites is 1. The van der Waals surface area contributed by atoms with Crippen molar-refractivity contribution in [1.29, 1.82) is 0 Å². The van der Waals surface area contributed by atoms with Gasteiger partial charge in [0.2, 0.25) is 0 Å². The van der Waals surface area contributed by atoms with Crippen LogP contribution in [0.2, 0.25) is 0 Å². The number of ether oxygens (including phenoxy) is 2. The number of halogens is 1. The normalized spacial score (nSPS) is 20.2. The van der Waals surface area contributed by atoms with Crippen LogP contribution in [0, 0.1) is 5.92 Å². The fraction of sp³-hybridized carbons (Fsp3) is 0.500. The minimum atomic E-state index is -0.0772. The summed E-state index contributed by atoms with van der Waals surface area (Å²) in [6.45, 7) is 2.88. The van der Waals surface area contributed by atoms with Crippen LogP contribution in [0.1, 0.15) is 23.3 Å². The number of fused-ring (bicyclic) bond motifs is 1. The number of piperidine rings is 1. The van der Waals surface area contributed by atoms with Gasteiger partial charge in [-0.15, -0.1) is 0 Å². The molecule has 2 fully saturated rings. The van der Waals surface area contributed by atoms with Crippen molar-refractivity contribution in [2.75, 3.05) is 26.3 Å². The number of aromatic nitrogens is 1. The van der Waals surface area contributed by atoms with Gasteiger partial charge in [0.05, 0.1) is 17.7 Å². The van der Waals surface area contributed by atoms with Gasteiger partial charge in [-0.25, -0.2) is 0 Å². The molecular weight excluding hydrogens is 372 g/mol. The van der Waals surface area contributed by atoms with Gasteiger partial charge in [0, 0.05) is 37.0 Å². The smallest absolute Gasteiger partial charge is 0.271 e. The molecule has 4 rings (SSSR count). The van der Waals surface area contributed by atoms with E-state index in [-0.39, 0.29) is 12.2 Å². The predicted octanol–water partition coefficient (Wildman–Crippen LogP) is 3.17. The second-order valence-electron chi connectivity index (χ2n) is 6.48. The van der Waals surface area contributed by atoms with Crippen LogP contribution in [0.5, 0.6) is 0 Å². The number of carbonyl (C=O) groups is 1. The summed E-state index contributed by atoms with van der Waals surface area (Å²) in [5.41, 5.74) is 1.79. The zero-order valence-electron chi connectivity index (χ0n) is 13.7. The van der Waals surface area contributed by atoms with Crippen LogP contribution in [0.15, 0.2) is 28.7 Å². The van der Waals surface area contributed by atoms with Gasteiger partial charge in [-0.2, -0.15) is 0 Å². The molecular formula is C18H21BrN2O3. The molecule has 128 valence electrons. The van der Waals surface area contributed by atoms with Crippen LogP contribution in [-0.4, -0.2) is 48.0 Å². The Morgan fingerprint density at radius 2 is 1.83 bits per heavy atom. The maximum absolute atomic E-state index is 13.1. The summed E-state index contributed by atoms with van der Waals surface area (Å²) in [6.07, 6.45) is 1.78. The molecule has 3 heterocycles. The molecule has 2 aliphatic rings. The minimum Gasteiger partial charge on any atom is -0.350 e. The molecule has 24 heavy (non-hydrogen) atoms. The Labute approximate surface area is 149 Å². The van der Waals surface area contributed by atoms with E-state index in [1.807, 2.05) is 40.8 Å². The van der Waals surface area contributed by atoms with E-state index in [9.17, 15) is 4.79 Å².